The molecule has 2 rings (SSSR count). The fourth-order valence-electron chi connectivity index (χ4n) is 2.16. The molecule has 1 aromatic rings. The van der Waals surface area contributed by atoms with Crippen LogP contribution in [0.2, 0.25) is 0 Å². The van der Waals surface area contributed by atoms with Crippen molar-refractivity contribution in [3.8, 4) is 5.75 Å². The van der Waals surface area contributed by atoms with Gasteiger partial charge < -0.3 is 15.4 Å². The largest absolute Gasteiger partial charge is 0.490 e. The first-order valence-corrected chi connectivity index (χ1v) is 6.88. The molecule has 1 aliphatic rings. The van der Waals surface area contributed by atoms with E-state index in [1.165, 1.54) is 12.3 Å². The van der Waals surface area contributed by atoms with Crippen molar-refractivity contribution < 1.29 is 9.53 Å². The maximum absolute atomic E-state index is 12.1. The van der Waals surface area contributed by atoms with Gasteiger partial charge >= 0.3 is 0 Å². The van der Waals surface area contributed by atoms with Gasteiger partial charge in [-0.3, -0.25) is 9.59 Å². The molecular weight excluding hydrogens is 260 g/mol. The monoisotopic (exact) mass is 280 g/mol. The number of carbonyl (C=O) groups is 1. The quantitative estimate of drug-likeness (QED) is 0.792. The summed E-state index contributed by atoms with van der Waals surface area (Å²) in [5.41, 5.74) is 4.97. The fourth-order valence-corrected chi connectivity index (χ4v) is 2.16. The Morgan fingerprint density at radius 2 is 2.10 bits per heavy atom. The lowest BCUT2D eigenvalue weighted by Gasteiger charge is -2.26. The average molecular weight is 280 g/mol. The average Bonchev–Trinajstić information content (AvgIpc) is 2.48. The van der Waals surface area contributed by atoms with E-state index in [9.17, 15) is 9.59 Å². The lowest BCUT2D eigenvalue weighted by Crippen LogP contribution is -2.40. The van der Waals surface area contributed by atoms with Crippen LogP contribution in [0, 0.1) is 0 Å². The molecule has 2 heterocycles. The molecule has 0 aromatic carbocycles. The van der Waals surface area contributed by atoms with E-state index in [1.807, 2.05) is 0 Å². The Hall–Kier alpha value is -1.89. The summed E-state index contributed by atoms with van der Waals surface area (Å²) in [5.74, 6) is 0.317. The summed E-state index contributed by atoms with van der Waals surface area (Å²) in [5, 5.41) is 3.96. The molecular formula is C13H20N4O3. The Bertz CT molecular complexity index is 509. The highest BCUT2D eigenvalue weighted by Gasteiger charge is 2.17. The molecule has 0 bridgehead atoms. The molecule has 1 saturated heterocycles. The number of hydrogen-bond donors (Lipinski definition) is 1. The van der Waals surface area contributed by atoms with Gasteiger partial charge in [0.2, 0.25) is 5.91 Å². The first-order valence-electron chi connectivity index (χ1n) is 6.88. The predicted molar refractivity (Wildman–Crippen MR) is 73.5 cm³/mol. The van der Waals surface area contributed by atoms with Crippen LogP contribution >= 0.6 is 0 Å². The van der Waals surface area contributed by atoms with Crippen molar-refractivity contribution in [2.45, 2.75) is 25.8 Å². The number of rotatable bonds is 5. The van der Waals surface area contributed by atoms with Gasteiger partial charge in [-0.05, 0) is 19.3 Å². The zero-order valence-electron chi connectivity index (χ0n) is 11.5. The van der Waals surface area contributed by atoms with Crippen LogP contribution in [-0.2, 0) is 11.3 Å². The van der Waals surface area contributed by atoms with Crippen molar-refractivity contribution in [1.82, 2.24) is 14.7 Å². The topological polar surface area (TPSA) is 90.4 Å². The van der Waals surface area contributed by atoms with Crippen LogP contribution in [0.1, 0.15) is 19.3 Å². The molecule has 1 aromatic heterocycles. The molecule has 1 amide bonds. The van der Waals surface area contributed by atoms with Gasteiger partial charge in [0, 0.05) is 25.7 Å². The molecule has 110 valence electrons. The SMILES string of the molecule is NCCOc1cnn(CC(=O)N2CCCCC2)c(=O)c1. The highest BCUT2D eigenvalue weighted by atomic mass is 16.5. The maximum Gasteiger partial charge on any atom is 0.270 e. The van der Waals surface area contributed by atoms with Gasteiger partial charge in [-0.1, -0.05) is 0 Å². The summed E-state index contributed by atoms with van der Waals surface area (Å²) in [6.07, 6.45) is 4.65. The third-order valence-electron chi connectivity index (χ3n) is 3.22. The highest BCUT2D eigenvalue weighted by Crippen LogP contribution is 2.09. The van der Waals surface area contributed by atoms with Crippen LogP contribution in [0.5, 0.6) is 5.75 Å². The van der Waals surface area contributed by atoms with Gasteiger partial charge in [-0.2, -0.15) is 5.10 Å². The molecule has 7 nitrogen and oxygen atoms in total. The van der Waals surface area contributed by atoms with E-state index >= 15 is 0 Å². The van der Waals surface area contributed by atoms with Gasteiger partial charge in [0.05, 0.1) is 6.20 Å². The normalized spacial score (nSPS) is 15.2. The number of piperidine rings is 1. The Kier molecular flexibility index (Phi) is 5.11. The Morgan fingerprint density at radius 3 is 2.75 bits per heavy atom. The minimum Gasteiger partial charge on any atom is -0.490 e. The van der Waals surface area contributed by atoms with E-state index in [4.69, 9.17) is 10.5 Å². The minimum absolute atomic E-state index is 0.0179. The van der Waals surface area contributed by atoms with Crippen molar-refractivity contribution in [2.75, 3.05) is 26.2 Å². The van der Waals surface area contributed by atoms with Crippen LogP contribution < -0.4 is 16.0 Å². The van der Waals surface area contributed by atoms with E-state index in [-0.39, 0.29) is 18.0 Å². The molecule has 0 aliphatic carbocycles. The van der Waals surface area contributed by atoms with E-state index in [0.29, 0.717) is 18.9 Å². The van der Waals surface area contributed by atoms with Crippen LogP contribution in [0.25, 0.3) is 0 Å². The molecule has 0 unspecified atom stereocenters. The molecule has 1 aliphatic heterocycles. The van der Waals surface area contributed by atoms with E-state index in [0.717, 1.165) is 37.0 Å². The summed E-state index contributed by atoms with van der Waals surface area (Å²) in [6, 6.07) is 1.33. The van der Waals surface area contributed by atoms with Crippen LogP contribution in [0.15, 0.2) is 17.1 Å². The lowest BCUT2D eigenvalue weighted by atomic mass is 10.1. The maximum atomic E-state index is 12.1. The number of likely N-dealkylation sites (tertiary alicyclic amines) is 1. The second-order valence-electron chi connectivity index (χ2n) is 4.77. The van der Waals surface area contributed by atoms with Crippen molar-refractivity contribution in [3.63, 3.8) is 0 Å². The summed E-state index contributed by atoms with van der Waals surface area (Å²) in [7, 11) is 0. The fraction of sp³-hybridized carbons (Fsp3) is 0.615. The highest BCUT2D eigenvalue weighted by molar-refractivity contribution is 5.75. The molecule has 0 radical (unpaired) electrons. The minimum atomic E-state index is -0.343. The number of carbonyl (C=O) groups excluding carboxylic acids is 1. The molecule has 1 fully saturated rings. The van der Waals surface area contributed by atoms with Gasteiger partial charge in [0.25, 0.3) is 5.56 Å². The molecule has 0 saturated carbocycles. The second kappa shape index (κ2) is 7.04. The van der Waals surface area contributed by atoms with Gasteiger partial charge in [0.1, 0.15) is 18.9 Å². The summed E-state index contributed by atoms with van der Waals surface area (Å²) in [4.78, 5) is 25.7. The van der Waals surface area contributed by atoms with Crippen LogP contribution in [0.3, 0.4) is 0 Å². The predicted octanol–water partition coefficient (Wildman–Crippen LogP) is -0.407. The first-order chi connectivity index (χ1) is 9.70. The molecule has 0 spiro atoms. The Balaban J connectivity index is 1.98. The summed E-state index contributed by atoms with van der Waals surface area (Å²) >= 11 is 0. The molecule has 2 N–H and O–H groups in total. The standard InChI is InChI=1S/C13H20N4O3/c14-4-7-20-11-8-12(18)17(15-9-11)10-13(19)16-5-2-1-3-6-16/h8-9H,1-7,10,14H2. The van der Waals surface area contributed by atoms with Crippen LogP contribution in [-0.4, -0.2) is 46.8 Å². The lowest BCUT2D eigenvalue weighted by molar-refractivity contribution is -0.133. The summed E-state index contributed by atoms with van der Waals surface area (Å²) in [6.45, 7) is 2.22. The van der Waals surface area contributed by atoms with Crippen molar-refractivity contribution in [3.05, 3.63) is 22.6 Å². The number of nitrogens with two attached hydrogens (primary N) is 1. The third kappa shape index (κ3) is 3.80. The third-order valence-corrected chi connectivity index (χ3v) is 3.22. The zero-order chi connectivity index (χ0) is 14.4. The smallest absolute Gasteiger partial charge is 0.270 e. The summed E-state index contributed by atoms with van der Waals surface area (Å²) < 4.78 is 6.38. The van der Waals surface area contributed by atoms with Crippen molar-refractivity contribution in [2.24, 2.45) is 5.73 Å². The molecule has 20 heavy (non-hydrogen) atoms. The van der Waals surface area contributed by atoms with Crippen molar-refractivity contribution in [1.29, 1.82) is 0 Å². The van der Waals surface area contributed by atoms with Gasteiger partial charge in [0.15, 0.2) is 0 Å². The molecule has 0 atom stereocenters. The van der Waals surface area contributed by atoms with E-state index < -0.39 is 0 Å². The Morgan fingerprint density at radius 1 is 1.35 bits per heavy atom. The van der Waals surface area contributed by atoms with E-state index in [1.54, 1.807) is 4.90 Å². The number of hydrogen-bond acceptors (Lipinski definition) is 5. The molecule has 7 heteroatoms. The van der Waals surface area contributed by atoms with E-state index in [2.05, 4.69) is 5.10 Å². The van der Waals surface area contributed by atoms with Gasteiger partial charge in [-0.25, -0.2) is 4.68 Å². The first kappa shape index (κ1) is 14.5. The van der Waals surface area contributed by atoms with Crippen LogP contribution in [0.4, 0.5) is 0 Å². The zero-order valence-corrected chi connectivity index (χ0v) is 11.5. The number of ether oxygens (including phenoxy) is 1. The van der Waals surface area contributed by atoms with Gasteiger partial charge in [-0.15, -0.1) is 0 Å². The number of amides is 1. The Labute approximate surface area is 117 Å². The van der Waals surface area contributed by atoms with Crippen molar-refractivity contribution >= 4 is 5.91 Å². The number of nitrogens with zero attached hydrogens (tertiary/aromatic N) is 3. The second-order valence-corrected chi connectivity index (χ2v) is 4.77. The number of aromatic nitrogens is 2.